The minimum absolute atomic E-state index is 0.206. The van der Waals surface area contributed by atoms with E-state index in [1.54, 1.807) is 0 Å². The quantitative estimate of drug-likeness (QED) is 0.789. The van der Waals surface area contributed by atoms with E-state index in [2.05, 4.69) is 5.16 Å². The molecule has 2 aliphatic heterocycles. The Bertz CT molecular complexity index is 381. The van der Waals surface area contributed by atoms with E-state index in [1.165, 1.54) is 0 Å². The highest BCUT2D eigenvalue weighted by Gasteiger charge is 2.47. The second kappa shape index (κ2) is 3.31. The third-order valence-electron chi connectivity index (χ3n) is 3.82. The van der Waals surface area contributed by atoms with Gasteiger partial charge in [-0.3, -0.25) is 0 Å². The number of ether oxygens (including phenoxy) is 1. The van der Waals surface area contributed by atoms with Crippen molar-refractivity contribution in [2.45, 2.75) is 57.3 Å². The van der Waals surface area contributed by atoms with Gasteiger partial charge in [-0.05, 0) is 26.7 Å². The number of nitrogens with zero attached hydrogens (tertiary/aromatic N) is 1. The number of rotatable bonds is 1. The van der Waals surface area contributed by atoms with Crippen LogP contribution in [0.1, 0.15) is 42.7 Å². The minimum Gasteiger partial charge on any atom is -0.385 e. The highest BCUT2D eigenvalue weighted by Crippen LogP contribution is 2.45. The highest BCUT2D eigenvalue weighted by molar-refractivity contribution is 5.29. The molecule has 0 saturated carbocycles. The zero-order valence-electron chi connectivity index (χ0n) is 9.69. The van der Waals surface area contributed by atoms with Crippen molar-refractivity contribution in [1.29, 1.82) is 0 Å². The number of aliphatic hydroxyl groups is 1. The maximum Gasteiger partial charge on any atom is 0.140 e. The zero-order valence-corrected chi connectivity index (χ0v) is 9.69. The van der Waals surface area contributed by atoms with Crippen LogP contribution in [0.4, 0.5) is 0 Å². The molecule has 0 amide bonds. The Balaban J connectivity index is 1.99. The summed E-state index contributed by atoms with van der Waals surface area (Å²) in [5.74, 6) is 0.737. The van der Waals surface area contributed by atoms with Gasteiger partial charge in [-0.15, -0.1) is 0 Å². The van der Waals surface area contributed by atoms with Crippen molar-refractivity contribution >= 4 is 0 Å². The van der Waals surface area contributed by atoms with Crippen LogP contribution in [-0.2, 0) is 10.3 Å². The monoisotopic (exact) mass is 223 g/mol. The van der Waals surface area contributed by atoms with Gasteiger partial charge in [0.1, 0.15) is 5.76 Å². The molecule has 16 heavy (non-hydrogen) atoms. The fourth-order valence-corrected chi connectivity index (χ4v) is 3.27. The first kappa shape index (κ1) is 10.3. The third kappa shape index (κ3) is 1.40. The van der Waals surface area contributed by atoms with E-state index in [9.17, 15) is 5.11 Å². The van der Waals surface area contributed by atoms with Gasteiger partial charge >= 0.3 is 0 Å². The van der Waals surface area contributed by atoms with Crippen molar-refractivity contribution in [2.75, 3.05) is 0 Å². The summed E-state index contributed by atoms with van der Waals surface area (Å²) in [6, 6.07) is 0. The summed E-state index contributed by atoms with van der Waals surface area (Å²) in [7, 11) is 0. The van der Waals surface area contributed by atoms with Crippen LogP contribution < -0.4 is 0 Å². The normalized spacial score (nSPS) is 37.9. The molecule has 88 valence electrons. The second-order valence-corrected chi connectivity index (χ2v) is 5.10. The fourth-order valence-electron chi connectivity index (χ4n) is 3.27. The Morgan fingerprint density at radius 2 is 1.88 bits per heavy atom. The summed E-state index contributed by atoms with van der Waals surface area (Å²) in [6.07, 6.45) is 3.89. The van der Waals surface area contributed by atoms with Gasteiger partial charge in [0.2, 0.25) is 0 Å². The molecular weight excluding hydrogens is 206 g/mol. The first-order valence-electron chi connectivity index (χ1n) is 5.90. The molecule has 2 fully saturated rings. The average molecular weight is 223 g/mol. The zero-order chi connectivity index (χ0) is 11.3. The number of fused-ring (bicyclic) bond motifs is 2. The lowest BCUT2D eigenvalue weighted by atomic mass is 9.82. The first-order chi connectivity index (χ1) is 7.58. The van der Waals surface area contributed by atoms with Crippen LogP contribution in [0.2, 0.25) is 0 Å². The van der Waals surface area contributed by atoms with Crippen molar-refractivity contribution in [1.82, 2.24) is 5.16 Å². The van der Waals surface area contributed by atoms with Crippen LogP contribution in [0.25, 0.3) is 0 Å². The summed E-state index contributed by atoms with van der Waals surface area (Å²) < 4.78 is 10.9. The van der Waals surface area contributed by atoms with Gasteiger partial charge in [0.25, 0.3) is 0 Å². The molecule has 2 aliphatic rings. The van der Waals surface area contributed by atoms with Crippen LogP contribution in [0.3, 0.4) is 0 Å². The maximum atomic E-state index is 10.8. The Hall–Kier alpha value is -0.870. The van der Waals surface area contributed by atoms with Crippen molar-refractivity contribution < 1.29 is 14.4 Å². The minimum atomic E-state index is -0.793. The number of aromatic nitrogens is 1. The molecule has 2 atom stereocenters. The molecule has 1 N–H and O–H groups in total. The summed E-state index contributed by atoms with van der Waals surface area (Å²) >= 11 is 0. The molecular formula is C12H17NO3. The van der Waals surface area contributed by atoms with Crippen LogP contribution >= 0.6 is 0 Å². The molecule has 2 bridgehead atoms. The van der Waals surface area contributed by atoms with Crippen LogP contribution in [-0.4, -0.2) is 22.5 Å². The van der Waals surface area contributed by atoms with E-state index in [0.29, 0.717) is 12.8 Å². The van der Waals surface area contributed by atoms with Crippen LogP contribution in [0.5, 0.6) is 0 Å². The van der Waals surface area contributed by atoms with Crippen LogP contribution in [0, 0.1) is 13.8 Å². The fraction of sp³-hybridized carbons (Fsp3) is 0.750. The van der Waals surface area contributed by atoms with E-state index < -0.39 is 5.60 Å². The van der Waals surface area contributed by atoms with Gasteiger partial charge in [-0.25, -0.2) is 0 Å². The van der Waals surface area contributed by atoms with Crippen molar-refractivity contribution in [3.63, 3.8) is 0 Å². The van der Waals surface area contributed by atoms with Crippen LogP contribution in [0.15, 0.2) is 4.52 Å². The first-order valence-corrected chi connectivity index (χ1v) is 5.90. The molecule has 0 aromatic carbocycles. The molecule has 0 aliphatic carbocycles. The third-order valence-corrected chi connectivity index (χ3v) is 3.82. The van der Waals surface area contributed by atoms with E-state index in [4.69, 9.17) is 9.26 Å². The Kier molecular flexibility index (Phi) is 2.13. The molecule has 1 aromatic rings. The average Bonchev–Trinajstić information content (AvgIpc) is 2.71. The van der Waals surface area contributed by atoms with E-state index in [-0.39, 0.29) is 12.2 Å². The lowest BCUT2D eigenvalue weighted by Gasteiger charge is -2.36. The van der Waals surface area contributed by atoms with Crippen molar-refractivity contribution in [3.05, 3.63) is 17.0 Å². The number of aryl methyl sites for hydroxylation is 2. The maximum absolute atomic E-state index is 10.8. The standard InChI is InChI=1S/C12H17NO3/c1-7-11(8(2)16-13-7)12(14)5-9-3-4-10(6-12)15-9/h9-10,14H,3-6H2,1-2H3. The van der Waals surface area contributed by atoms with Gasteiger partial charge in [0, 0.05) is 18.4 Å². The molecule has 4 heteroatoms. The molecule has 3 heterocycles. The molecule has 3 rings (SSSR count). The molecule has 4 nitrogen and oxygen atoms in total. The largest absolute Gasteiger partial charge is 0.385 e. The summed E-state index contributed by atoms with van der Waals surface area (Å²) in [5, 5.41) is 14.7. The molecule has 2 unspecified atom stereocenters. The smallest absolute Gasteiger partial charge is 0.140 e. The predicted octanol–water partition coefficient (Wildman–Crippen LogP) is 1.82. The topological polar surface area (TPSA) is 55.5 Å². The van der Waals surface area contributed by atoms with Gasteiger partial charge in [-0.1, -0.05) is 5.16 Å². The van der Waals surface area contributed by atoms with E-state index in [1.807, 2.05) is 13.8 Å². The van der Waals surface area contributed by atoms with E-state index >= 15 is 0 Å². The Morgan fingerprint density at radius 3 is 2.38 bits per heavy atom. The van der Waals surface area contributed by atoms with Crippen molar-refractivity contribution in [3.8, 4) is 0 Å². The predicted molar refractivity (Wildman–Crippen MR) is 57.0 cm³/mol. The lowest BCUT2D eigenvalue weighted by Crippen LogP contribution is -2.39. The molecule has 1 aromatic heterocycles. The summed E-state index contributed by atoms with van der Waals surface area (Å²) in [4.78, 5) is 0. The van der Waals surface area contributed by atoms with Gasteiger partial charge in [0.15, 0.2) is 0 Å². The van der Waals surface area contributed by atoms with E-state index in [0.717, 1.165) is 29.9 Å². The molecule has 0 spiro atoms. The highest BCUT2D eigenvalue weighted by atomic mass is 16.5. The number of hydrogen-bond acceptors (Lipinski definition) is 4. The SMILES string of the molecule is Cc1noc(C)c1C1(O)CC2CCC(C1)O2. The van der Waals surface area contributed by atoms with Gasteiger partial charge in [-0.2, -0.15) is 0 Å². The summed E-state index contributed by atoms with van der Waals surface area (Å²) in [5.41, 5.74) is 0.895. The molecule has 0 radical (unpaired) electrons. The Labute approximate surface area is 94.6 Å². The van der Waals surface area contributed by atoms with Gasteiger partial charge in [0.05, 0.1) is 23.5 Å². The number of hydrogen-bond donors (Lipinski definition) is 1. The summed E-state index contributed by atoms with van der Waals surface area (Å²) in [6.45, 7) is 3.76. The van der Waals surface area contributed by atoms with Crippen molar-refractivity contribution in [2.24, 2.45) is 0 Å². The Morgan fingerprint density at radius 1 is 1.25 bits per heavy atom. The van der Waals surface area contributed by atoms with Gasteiger partial charge < -0.3 is 14.4 Å². The lowest BCUT2D eigenvalue weighted by molar-refractivity contribution is -0.116. The second-order valence-electron chi connectivity index (χ2n) is 5.10. The molecule has 2 saturated heterocycles.